The number of para-hydroxylation sites is 1. The third-order valence-electron chi connectivity index (χ3n) is 3.96. The zero-order chi connectivity index (χ0) is 18.1. The highest BCUT2D eigenvalue weighted by Gasteiger charge is 2.09. The molecule has 0 aliphatic heterocycles. The number of rotatable bonds is 9. The Morgan fingerprint density at radius 2 is 1.60 bits per heavy atom. The highest BCUT2D eigenvalue weighted by molar-refractivity contribution is 5.95. The standard InChI is InChI=1S/C20H25NO4/c1-23-17-12-16(13-18(14-17)24-2)20(22)21-11-7-6-9-15-8-4-5-10-19(15)25-3/h4-5,8,10,12-14H,6-7,9,11H2,1-3H3,(H,21,22). The van der Waals surface area contributed by atoms with Crippen molar-refractivity contribution in [3.63, 3.8) is 0 Å². The van der Waals surface area contributed by atoms with Crippen molar-refractivity contribution in [1.29, 1.82) is 0 Å². The van der Waals surface area contributed by atoms with Crippen LogP contribution >= 0.6 is 0 Å². The second kappa shape index (κ2) is 9.57. The van der Waals surface area contributed by atoms with Crippen LogP contribution in [0.5, 0.6) is 17.2 Å². The second-order valence-electron chi connectivity index (χ2n) is 5.63. The van der Waals surface area contributed by atoms with Crippen molar-refractivity contribution in [3.8, 4) is 17.2 Å². The highest BCUT2D eigenvalue weighted by Crippen LogP contribution is 2.22. The van der Waals surface area contributed by atoms with Gasteiger partial charge < -0.3 is 19.5 Å². The molecule has 0 aliphatic carbocycles. The summed E-state index contributed by atoms with van der Waals surface area (Å²) in [7, 11) is 4.81. The van der Waals surface area contributed by atoms with Crippen LogP contribution in [-0.4, -0.2) is 33.8 Å². The van der Waals surface area contributed by atoms with E-state index in [4.69, 9.17) is 14.2 Å². The summed E-state index contributed by atoms with van der Waals surface area (Å²) in [5, 5.41) is 2.94. The van der Waals surface area contributed by atoms with Crippen LogP contribution in [-0.2, 0) is 6.42 Å². The number of carbonyl (C=O) groups excluding carboxylic acids is 1. The number of amides is 1. The van der Waals surface area contributed by atoms with E-state index in [0.29, 0.717) is 23.6 Å². The van der Waals surface area contributed by atoms with Crippen LogP contribution in [0.1, 0.15) is 28.8 Å². The average Bonchev–Trinajstić information content (AvgIpc) is 2.67. The van der Waals surface area contributed by atoms with E-state index in [-0.39, 0.29) is 5.91 Å². The Morgan fingerprint density at radius 3 is 2.24 bits per heavy atom. The SMILES string of the molecule is COc1cc(OC)cc(C(=O)NCCCCc2ccccc2OC)c1. The lowest BCUT2D eigenvalue weighted by Gasteiger charge is -2.10. The Hall–Kier alpha value is -2.69. The first-order chi connectivity index (χ1) is 12.2. The Morgan fingerprint density at radius 1 is 0.920 bits per heavy atom. The highest BCUT2D eigenvalue weighted by atomic mass is 16.5. The number of carbonyl (C=O) groups is 1. The van der Waals surface area contributed by atoms with Crippen molar-refractivity contribution < 1.29 is 19.0 Å². The molecule has 2 rings (SSSR count). The number of methoxy groups -OCH3 is 3. The first-order valence-corrected chi connectivity index (χ1v) is 8.31. The summed E-state index contributed by atoms with van der Waals surface area (Å²) >= 11 is 0. The molecule has 0 radical (unpaired) electrons. The summed E-state index contributed by atoms with van der Waals surface area (Å²) in [6.07, 6.45) is 2.79. The first kappa shape index (κ1) is 18.6. The normalized spacial score (nSPS) is 10.2. The van der Waals surface area contributed by atoms with E-state index in [1.54, 1.807) is 39.5 Å². The molecule has 134 valence electrons. The van der Waals surface area contributed by atoms with Gasteiger partial charge in [0.05, 0.1) is 21.3 Å². The molecule has 0 aromatic heterocycles. The van der Waals surface area contributed by atoms with Gasteiger partial charge in [-0.05, 0) is 43.0 Å². The minimum atomic E-state index is -0.130. The van der Waals surface area contributed by atoms with Gasteiger partial charge in [0.15, 0.2) is 0 Å². The summed E-state index contributed by atoms with van der Waals surface area (Å²) < 4.78 is 15.7. The fraction of sp³-hybridized carbons (Fsp3) is 0.350. The maximum absolute atomic E-state index is 12.3. The predicted molar refractivity (Wildman–Crippen MR) is 97.8 cm³/mol. The number of unbranched alkanes of at least 4 members (excludes halogenated alkanes) is 1. The van der Waals surface area contributed by atoms with Crippen molar-refractivity contribution in [3.05, 3.63) is 53.6 Å². The number of benzene rings is 2. The number of aryl methyl sites for hydroxylation is 1. The zero-order valence-corrected chi connectivity index (χ0v) is 15.0. The van der Waals surface area contributed by atoms with E-state index in [1.807, 2.05) is 18.2 Å². The van der Waals surface area contributed by atoms with Crippen LogP contribution in [0.15, 0.2) is 42.5 Å². The molecule has 0 saturated carbocycles. The van der Waals surface area contributed by atoms with Gasteiger partial charge in [0.2, 0.25) is 0 Å². The molecule has 5 nitrogen and oxygen atoms in total. The van der Waals surface area contributed by atoms with Gasteiger partial charge in [0, 0.05) is 18.2 Å². The van der Waals surface area contributed by atoms with Crippen LogP contribution in [0.4, 0.5) is 0 Å². The Bertz CT molecular complexity index is 678. The summed E-state index contributed by atoms with van der Waals surface area (Å²) in [5.41, 5.74) is 1.72. The smallest absolute Gasteiger partial charge is 0.251 e. The average molecular weight is 343 g/mol. The molecular weight excluding hydrogens is 318 g/mol. The maximum Gasteiger partial charge on any atom is 0.251 e. The molecule has 0 atom stereocenters. The van der Waals surface area contributed by atoms with E-state index in [1.165, 1.54) is 5.56 Å². The van der Waals surface area contributed by atoms with Gasteiger partial charge in [-0.2, -0.15) is 0 Å². The van der Waals surface area contributed by atoms with Gasteiger partial charge in [-0.15, -0.1) is 0 Å². The minimum absolute atomic E-state index is 0.130. The first-order valence-electron chi connectivity index (χ1n) is 8.31. The van der Waals surface area contributed by atoms with E-state index in [0.717, 1.165) is 25.0 Å². The number of hydrogen-bond donors (Lipinski definition) is 1. The molecule has 0 aliphatic rings. The molecule has 0 bridgehead atoms. The van der Waals surface area contributed by atoms with Gasteiger partial charge in [0.1, 0.15) is 17.2 Å². The molecule has 0 spiro atoms. The monoisotopic (exact) mass is 343 g/mol. The van der Waals surface area contributed by atoms with Gasteiger partial charge in [-0.25, -0.2) is 0 Å². The lowest BCUT2D eigenvalue weighted by molar-refractivity contribution is 0.0952. The minimum Gasteiger partial charge on any atom is -0.497 e. The molecule has 1 amide bonds. The summed E-state index contributed by atoms with van der Waals surface area (Å²) in [4.78, 5) is 12.3. The third-order valence-corrected chi connectivity index (χ3v) is 3.96. The molecule has 0 saturated heterocycles. The van der Waals surface area contributed by atoms with E-state index in [9.17, 15) is 4.79 Å². The lowest BCUT2D eigenvalue weighted by atomic mass is 10.1. The third kappa shape index (κ3) is 5.41. The summed E-state index contributed by atoms with van der Waals surface area (Å²) in [6, 6.07) is 13.2. The van der Waals surface area contributed by atoms with E-state index in [2.05, 4.69) is 11.4 Å². The Kier molecular flexibility index (Phi) is 7.14. The Labute approximate surface area is 148 Å². The van der Waals surface area contributed by atoms with Crippen molar-refractivity contribution in [1.82, 2.24) is 5.32 Å². The maximum atomic E-state index is 12.3. The van der Waals surface area contributed by atoms with Crippen molar-refractivity contribution in [2.24, 2.45) is 0 Å². The van der Waals surface area contributed by atoms with Crippen LogP contribution in [0, 0.1) is 0 Å². The van der Waals surface area contributed by atoms with Crippen LogP contribution < -0.4 is 19.5 Å². The summed E-state index contributed by atoms with van der Waals surface area (Å²) in [5.74, 6) is 1.98. The zero-order valence-electron chi connectivity index (χ0n) is 15.0. The number of ether oxygens (including phenoxy) is 3. The molecule has 2 aromatic carbocycles. The largest absolute Gasteiger partial charge is 0.497 e. The predicted octanol–water partition coefficient (Wildman–Crippen LogP) is 3.47. The Balaban J connectivity index is 1.81. The van der Waals surface area contributed by atoms with Crippen molar-refractivity contribution >= 4 is 5.91 Å². The second-order valence-corrected chi connectivity index (χ2v) is 5.63. The molecule has 0 heterocycles. The van der Waals surface area contributed by atoms with Gasteiger partial charge in [0.25, 0.3) is 5.91 Å². The topological polar surface area (TPSA) is 56.8 Å². The lowest BCUT2D eigenvalue weighted by Crippen LogP contribution is -2.24. The molecule has 2 aromatic rings. The molecular formula is C20H25NO4. The van der Waals surface area contributed by atoms with Crippen molar-refractivity contribution in [2.75, 3.05) is 27.9 Å². The van der Waals surface area contributed by atoms with Gasteiger partial charge in [-0.3, -0.25) is 4.79 Å². The number of nitrogens with one attached hydrogen (secondary N) is 1. The molecule has 0 unspecified atom stereocenters. The van der Waals surface area contributed by atoms with Crippen LogP contribution in [0.2, 0.25) is 0 Å². The van der Waals surface area contributed by atoms with Gasteiger partial charge >= 0.3 is 0 Å². The van der Waals surface area contributed by atoms with E-state index < -0.39 is 0 Å². The van der Waals surface area contributed by atoms with Crippen LogP contribution in [0.25, 0.3) is 0 Å². The van der Waals surface area contributed by atoms with Crippen LogP contribution in [0.3, 0.4) is 0 Å². The molecule has 0 fully saturated rings. The van der Waals surface area contributed by atoms with E-state index >= 15 is 0 Å². The molecule has 5 heteroatoms. The molecule has 1 N–H and O–H groups in total. The molecule has 25 heavy (non-hydrogen) atoms. The quantitative estimate of drug-likeness (QED) is 0.709. The fourth-order valence-electron chi connectivity index (χ4n) is 2.59. The van der Waals surface area contributed by atoms with Crippen molar-refractivity contribution in [2.45, 2.75) is 19.3 Å². The summed E-state index contributed by atoms with van der Waals surface area (Å²) in [6.45, 7) is 0.619. The van der Waals surface area contributed by atoms with Gasteiger partial charge in [-0.1, -0.05) is 18.2 Å². The number of hydrogen-bond acceptors (Lipinski definition) is 4. The fourth-order valence-corrected chi connectivity index (χ4v) is 2.59.